The van der Waals surface area contributed by atoms with Crippen molar-refractivity contribution < 1.29 is 14.3 Å². The van der Waals surface area contributed by atoms with Crippen molar-refractivity contribution in [2.24, 2.45) is 21.1 Å². The van der Waals surface area contributed by atoms with Crippen LogP contribution in [-0.2, 0) is 6.67 Å². The molecule has 1 amide bonds. The second-order valence-corrected chi connectivity index (χ2v) is 11.8. The first kappa shape index (κ1) is 23.2. The molecule has 1 aliphatic heterocycles. The van der Waals surface area contributed by atoms with Crippen LogP contribution in [0.25, 0.3) is 10.9 Å². The van der Waals surface area contributed by atoms with Crippen molar-refractivity contribution in [3.8, 4) is 5.88 Å². The van der Waals surface area contributed by atoms with E-state index < -0.39 is 11.7 Å². The first-order valence-corrected chi connectivity index (χ1v) is 12.3. The lowest BCUT2D eigenvalue weighted by molar-refractivity contribution is 0.0995. The molecule has 1 N–H and O–H groups in total. The van der Waals surface area contributed by atoms with Crippen molar-refractivity contribution >= 4 is 38.4 Å². The van der Waals surface area contributed by atoms with E-state index in [-0.39, 0.29) is 22.5 Å². The zero-order chi connectivity index (χ0) is 24.3. The molecule has 2 bridgehead atoms. The molecule has 2 heterocycles. The number of amides is 1. The van der Waals surface area contributed by atoms with Crippen LogP contribution in [0.2, 0.25) is 0 Å². The van der Waals surface area contributed by atoms with E-state index in [9.17, 15) is 14.3 Å². The maximum atomic E-state index is 13.2. The van der Waals surface area contributed by atoms with Crippen LogP contribution in [-0.4, -0.2) is 33.1 Å². The van der Waals surface area contributed by atoms with E-state index in [1.54, 1.807) is 0 Å². The minimum absolute atomic E-state index is 0.0189. The molecule has 1 aromatic heterocycles. The van der Waals surface area contributed by atoms with E-state index in [0.717, 1.165) is 23.0 Å². The summed E-state index contributed by atoms with van der Waals surface area (Å²) in [5.74, 6) is -1.05. The van der Waals surface area contributed by atoms with E-state index in [1.165, 1.54) is 37.1 Å². The molecule has 1 saturated heterocycles. The molecule has 1 aliphatic carbocycles. The summed E-state index contributed by atoms with van der Waals surface area (Å²) < 4.78 is 15.9. The van der Waals surface area contributed by atoms with Crippen LogP contribution in [0.15, 0.2) is 57.2 Å². The number of fused-ring (bicyclic) bond motifs is 3. The summed E-state index contributed by atoms with van der Waals surface area (Å²) in [7, 11) is 0. The number of aromatic hydroxyl groups is 1. The fourth-order valence-corrected chi connectivity index (χ4v) is 6.57. The Kier molecular flexibility index (Phi) is 5.64. The molecule has 2 atom stereocenters. The van der Waals surface area contributed by atoms with Gasteiger partial charge in [0.25, 0.3) is 5.91 Å². The van der Waals surface area contributed by atoms with Gasteiger partial charge in [0.2, 0.25) is 5.88 Å². The lowest BCUT2D eigenvalue weighted by Gasteiger charge is -2.40. The molecule has 1 saturated carbocycles. The Labute approximate surface area is 206 Å². The largest absolute Gasteiger partial charge is 0.493 e. The van der Waals surface area contributed by atoms with Crippen LogP contribution in [0.4, 0.5) is 10.1 Å². The van der Waals surface area contributed by atoms with Crippen molar-refractivity contribution in [1.82, 2.24) is 9.47 Å². The number of halogens is 2. The normalized spacial score (nSPS) is 24.3. The predicted octanol–water partition coefficient (Wildman–Crippen LogP) is 7.03. The van der Waals surface area contributed by atoms with Gasteiger partial charge in [0.1, 0.15) is 5.82 Å². The molecule has 2 aromatic carbocycles. The summed E-state index contributed by atoms with van der Waals surface area (Å²) in [6, 6.07) is 11.3. The highest BCUT2D eigenvalue weighted by molar-refractivity contribution is 9.10. The monoisotopic (exact) mass is 526 g/mol. The highest BCUT2D eigenvalue weighted by atomic mass is 79.9. The molecule has 178 valence electrons. The number of azo groups is 1. The minimum atomic E-state index is -0.598. The fourth-order valence-electron chi connectivity index (χ4n) is 6.21. The number of rotatable bonds is 4. The van der Waals surface area contributed by atoms with Crippen molar-refractivity contribution in [3.63, 3.8) is 0 Å². The Morgan fingerprint density at radius 1 is 1.18 bits per heavy atom. The van der Waals surface area contributed by atoms with Gasteiger partial charge in [-0.3, -0.25) is 14.3 Å². The van der Waals surface area contributed by atoms with Gasteiger partial charge in [0.05, 0.1) is 12.2 Å². The summed E-state index contributed by atoms with van der Waals surface area (Å²) in [5, 5.41) is 19.9. The Morgan fingerprint density at radius 3 is 2.65 bits per heavy atom. The van der Waals surface area contributed by atoms with E-state index in [4.69, 9.17) is 0 Å². The Hall–Kier alpha value is -2.58. The van der Waals surface area contributed by atoms with Gasteiger partial charge in [-0.25, -0.2) is 4.39 Å². The average molecular weight is 527 g/mol. The molecular weight excluding hydrogens is 499 g/mol. The van der Waals surface area contributed by atoms with Crippen LogP contribution in [0, 0.1) is 16.6 Å². The molecule has 2 aliphatic rings. The Morgan fingerprint density at radius 2 is 1.91 bits per heavy atom. The van der Waals surface area contributed by atoms with Gasteiger partial charge in [-0.2, -0.15) is 0 Å². The van der Waals surface area contributed by atoms with Crippen LogP contribution in [0.1, 0.15) is 50.4 Å². The zero-order valence-electron chi connectivity index (χ0n) is 19.6. The number of hydrogen-bond donors (Lipinski definition) is 1. The second kappa shape index (κ2) is 8.27. The summed E-state index contributed by atoms with van der Waals surface area (Å²) in [4.78, 5) is 14.9. The van der Waals surface area contributed by atoms with Crippen molar-refractivity contribution in [3.05, 3.63) is 58.3 Å². The molecule has 8 heteroatoms. The number of benzene rings is 2. The smallest absolute Gasteiger partial charge is 0.295 e. The standard InChI is InChI=1S/C26H28BrFN4O2/c1-25(2)11-19-12-26(3,13-25)14-31(19)15-32-21-9-6-17(27)10-20(21)22(24(32)34)29-30-23(33)16-4-7-18(28)8-5-16/h4-10,19,34H,11-15H2,1-3H3/t19-,26-/m1/s1. The quantitative estimate of drug-likeness (QED) is 0.371. The molecule has 6 nitrogen and oxygen atoms in total. The summed E-state index contributed by atoms with van der Waals surface area (Å²) in [6.45, 7) is 8.58. The third-order valence-electron chi connectivity index (χ3n) is 7.15. The Balaban J connectivity index is 1.49. The first-order chi connectivity index (χ1) is 16.0. The summed E-state index contributed by atoms with van der Waals surface area (Å²) in [5.41, 5.74) is 1.89. The highest BCUT2D eigenvalue weighted by Crippen LogP contribution is 2.53. The van der Waals surface area contributed by atoms with Gasteiger partial charge in [-0.05, 0) is 72.6 Å². The molecule has 2 fully saturated rings. The van der Waals surface area contributed by atoms with Gasteiger partial charge in [0.15, 0.2) is 5.69 Å². The molecule has 0 spiro atoms. The molecule has 5 rings (SSSR count). The number of carbonyl (C=O) groups excluding carboxylic acids is 1. The summed E-state index contributed by atoms with van der Waals surface area (Å²) in [6.07, 6.45) is 3.50. The minimum Gasteiger partial charge on any atom is -0.493 e. The number of carbonyl (C=O) groups is 1. The molecule has 0 unspecified atom stereocenters. The first-order valence-electron chi connectivity index (χ1n) is 11.5. The molecule has 3 aromatic rings. The van der Waals surface area contributed by atoms with Crippen molar-refractivity contribution in [1.29, 1.82) is 0 Å². The summed E-state index contributed by atoms with van der Waals surface area (Å²) >= 11 is 3.49. The van der Waals surface area contributed by atoms with E-state index in [0.29, 0.717) is 23.5 Å². The lowest BCUT2D eigenvalue weighted by Crippen LogP contribution is -2.35. The predicted molar refractivity (Wildman–Crippen MR) is 133 cm³/mol. The third-order valence-corrected chi connectivity index (χ3v) is 7.64. The van der Waals surface area contributed by atoms with Gasteiger partial charge < -0.3 is 5.11 Å². The van der Waals surface area contributed by atoms with Crippen LogP contribution in [0.3, 0.4) is 0 Å². The topological polar surface area (TPSA) is 70.2 Å². The SMILES string of the molecule is CC1(C)C[C@@H]2C[C@@](C)(CN2Cn2c(O)c(N=NC(=O)c3ccc(F)cc3)c3cc(Br)ccc32)C1. The number of likely N-dealkylation sites (tertiary alicyclic amines) is 1. The van der Waals surface area contributed by atoms with Crippen LogP contribution >= 0.6 is 15.9 Å². The maximum absolute atomic E-state index is 13.2. The van der Waals surface area contributed by atoms with E-state index in [1.807, 2.05) is 22.8 Å². The fraction of sp³-hybridized carbons (Fsp3) is 0.423. The van der Waals surface area contributed by atoms with Crippen molar-refractivity contribution in [2.45, 2.75) is 52.7 Å². The maximum Gasteiger partial charge on any atom is 0.295 e. The number of nitrogens with zero attached hydrogens (tertiary/aromatic N) is 4. The van der Waals surface area contributed by atoms with Gasteiger partial charge >= 0.3 is 0 Å². The van der Waals surface area contributed by atoms with Gasteiger partial charge in [0, 0.05) is 28.0 Å². The number of aromatic nitrogens is 1. The average Bonchev–Trinajstić information content (AvgIpc) is 3.15. The number of hydrogen-bond acceptors (Lipinski definition) is 4. The molecule has 34 heavy (non-hydrogen) atoms. The van der Waals surface area contributed by atoms with E-state index >= 15 is 0 Å². The van der Waals surface area contributed by atoms with E-state index in [2.05, 4.69) is 51.8 Å². The van der Waals surface area contributed by atoms with Crippen molar-refractivity contribution in [2.75, 3.05) is 6.54 Å². The molecular formula is C26H28BrFN4O2. The second-order valence-electron chi connectivity index (χ2n) is 10.9. The van der Waals surface area contributed by atoms with Gasteiger partial charge in [-0.1, -0.05) is 36.7 Å². The van der Waals surface area contributed by atoms with Crippen LogP contribution < -0.4 is 0 Å². The van der Waals surface area contributed by atoms with Gasteiger partial charge in [-0.15, -0.1) is 10.2 Å². The third kappa shape index (κ3) is 4.29. The lowest BCUT2D eigenvalue weighted by atomic mass is 9.65. The Bertz CT molecular complexity index is 1300. The van der Waals surface area contributed by atoms with Crippen LogP contribution in [0.5, 0.6) is 5.88 Å². The molecule has 0 radical (unpaired) electrons. The zero-order valence-corrected chi connectivity index (χ0v) is 21.1. The highest BCUT2D eigenvalue weighted by Gasteiger charge is 2.49.